The van der Waals surface area contributed by atoms with Gasteiger partial charge in [-0.2, -0.15) is 4.31 Å². The first kappa shape index (κ1) is 17.9. The van der Waals surface area contributed by atoms with Gasteiger partial charge in [0.15, 0.2) is 0 Å². The third kappa shape index (κ3) is 3.86. The average molecular weight is 379 g/mol. The van der Waals surface area contributed by atoms with E-state index in [0.717, 1.165) is 5.56 Å². The molecule has 2 aromatic rings. The second-order valence-electron chi connectivity index (χ2n) is 6.08. The average Bonchev–Trinajstić information content (AvgIpc) is 3.08. The predicted molar refractivity (Wildman–Crippen MR) is 98.2 cm³/mol. The Morgan fingerprint density at radius 2 is 1.76 bits per heavy atom. The zero-order chi connectivity index (χ0) is 18.0. The highest BCUT2D eigenvalue weighted by atomic mass is 35.5. The highest BCUT2D eigenvalue weighted by Gasteiger charge is 2.39. The van der Waals surface area contributed by atoms with Crippen molar-refractivity contribution in [3.05, 3.63) is 59.1 Å². The van der Waals surface area contributed by atoms with Crippen molar-refractivity contribution < 1.29 is 13.2 Å². The molecule has 1 saturated heterocycles. The summed E-state index contributed by atoms with van der Waals surface area (Å²) in [7, 11) is -3.73. The van der Waals surface area contributed by atoms with Crippen LogP contribution in [0, 0.1) is 6.92 Å². The van der Waals surface area contributed by atoms with E-state index in [0.29, 0.717) is 30.1 Å². The van der Waals surface area contributed by atoms with E-state index >= 15 is 0 Å². The highest BCUT2D eigenvalue weighted by molar-refractivity contribution is 7.89. The van der Waals surface area contributed by atoms with Gasteiger partial charge in [0.25, 0.3) is 0 Å². The number of carbonyl (C=O) groups excluding carboxylic acids is 1. The Bertz CT molecular complexity index is 864. The van der Waals surface area contributed by atoms with Gasteiger partial charge in [-0.05, 0) is 56.2 Å². The number of hydrogen-bond acceptors (Lipinski definition) is 3. The number of benzene rings is 2. The largest absolute Gasteiger partial charge is 0.325 e. The number of halogens is 1. The first-order chi connectivity index (χ1) is 11.9. The molecule has 1 amide bonds. The molecule has 7 heteroatoms. The standard InChI is InChI=1S/C18H19ClN2O3S/c1-13-4-8-15(9-5-13)20-18(22)17-3-2-12-21(17)25(23,24)16-10-6-14(19)7-11-16/h4-11,17H,2-3,12H2,1H3,(H,20,22)/t17-/m1/s1. The number of amides is 1. The van der Waals surface area contributed by atoms with E-state index < -0.39 is 16.1 Å². The molecule has 3 rings (SSSR count). The van der Waals surface area contributed by atoms with Crippen LogP contribution in [0.4, 0.5) is 5.69 Å². The van der Waals surface area contributed by atoms with Crippen molar-refractivity contribution in [3.63, 3.8) is 0 Å². The van der Waals surface area contributed by atoms with Crippen molar-refractivity contribution in [1.29, 1.82) is 0 Å². The molecule has 25 heavy (non-hydrogen) atoms. The molecule has 1 aliphatic rings. The Hall–Kier alpha value is -1.89. The number of hydrogen-bond donors (Lipinski definition) is 1. The molecule has 0 saturated carbocycles. The van der Waals surface area contributed by atoms with Crippen LogP contribution < -0.4 is 5.32 Å². The van der Waals surface area contributed by atoms with E-state index in [-0.39, 0.29) is 10.8 Å². The minimum Gasteiger partial charge on any atom is -0.325 e. The van der Waals surface area contributed by atoms with Gasteiger partial charge in [0.2, 0.25) is 15.9 Å². The van der Waals surface area contributed by atoms with Crippen molar-refractivity contribution >= 4 is 33.2 Å². The zero-order valence-corrected chi connectivity index (χ0v) is 15.3. The molecule has 132 valence electrons. The summed E-state index contributed by atoms with van der Waals surface area (Å²) in [6, 6.07) is 12.7. The lowest BCUT2D eigenvalue weighted by molar-refractivity contribution is -0.119. The smallest absolute Gasteiger partial charge is 0.243 e. The Balaban J connectivity index is 1.80. The molecule has 1 atom stereocenters. The molecule has 1 N–H and O–H groups in total. The zero-order valence-electron chi connectivity index (χ0n) is 13.8. The number of nitrogens with one attached hydrogen (secondary N) is 1. The topological polar surface area (TPSA) is 66.5 Å². The number of rotatable bonds is 4. The summed E-state index contributed by atoms with van der Waals surface area (Å²) in [4.78, 5) is 12.7. The fourth-order valence-electron chi connectivity index (χ4n) is 2.89. The van der Waals surface area contributed by atoms with Gasteiger partial charge in [-0.25, -0.2) is 8.42 Å². The summed E-state index contributed by atoms with van der Waals surface area (Å²) >= 11 is 5.83. The SMILES string of the molecule is Cc1ccc(NC(=O)[C@H]2CCCN2S(=O)(=O)c2ccc(Cl)cc2)cc1. The van der Waals surface area contributed by atoms with Crippen LogP contribution >= 0.6 is 11.6 Å². The minimum atomic E-state index is -3.73. The molecular formula is C18H19ClN2O3S. The van der Waals surface area contributed by atoms with Crippen LogP contribution in [0.5, 0.6) is 0 Å². The van der Waals surface area contributed by atoms with Gasteiger partial charge in [0.05, 0.1) is 4.90 Å². The van der Waals surface area contributed by atoms with Crippen LogP contribution in [-0.2, 0) is 14.8 Å². The van der Waals surface area contributed by atoms with Gasteiger partial charge in [-0.3, -0.25) is 4.79 Å². The van der Waals surface area contributed by atoms with Crippen molar-refractivity contribution in [2.75, 3.05) is 11.9 Å². The van der Waals surface area contributed by atoms with Gasteiger partial charge >= 0.3 is 0 Å². The molecule has 0 aliphatic carbocycles. The molecule has 1 heterocycles. The maximum atomic E-state index is 12.9. The van der Waals surface area contributed by atoms with Crippen LogP contribution in [0.25, 0.3) is 0 Å². The Kier molecular flexibility index (Phi) is 5.13. The fourth-order valence-corrected chi connectivity index (χ4v) is 4.68. The normalized spacial score (nSPS) is 18.2. The van der Waals surface area contributed by atoms with Gasteiger partial charge < -0.3 is 5.32 Å². The molecule has 1 fully saturated rings. The number of nitrogens with zero attached hydrogens (tertiary/aromatic N) is 1. The number of sulfonamides is 1. The lowest BCUT2D eigenvalue weighted by Crippen LogP contribution is -2.43. The van der Waals surface area contributed by atoms with Gasteiger partial charge in [-0.15, -0.1) is 0 Å². The molecular weight excluding hydrogens is 360 g/mol. The molecule has 0 spiro atoms. The molecule has 0 aromatic heterocycles. The van der Waals surface area contributed by atoms with Gasteiger partial charge in [-0.1, -0.05) is 29.3 Å². The Morgan fingerprint density at radius 1 is 1.12 bits per heavy atom. The van der Waals surface area contributed by atoms with Crippen LogP contribution in [0.3, 0.4) is 0 Å². The highest BCUT2D eigenvalue weighted by Crippen LogP contribution is 2.27. The van der Waals surface area contributed by atoms with E-state index in [1.165, 1.54) is 28.6 Å². The Morgan fingerprint density at radius 3 is 2.40 bits per heavy atom. The van der Waals surface area contributed by atoms with Crippen molar-refractivity contribution in [3.8, 4) is 0 Å². The van der Waals surface area contributed by atoms with E-state index in [4.69, 9.17) is 11.6 Å². The summed E-state index contributed by atoms with van der Waals surface area (Å²) in [6.07, 6.45) is 1.16. The van der Waals surface area contributed by atoms with Crippen LogP contribution in [0.2, 0.25) is 5.02 Å². The molecule has 2 aromatic carbocycles. The summed E-state index contributed by atoms with van der Waals surface area (Å²) in [5.41, 5.74) is 1.75. The first-order valence-corrected chi connectivity index (χ1v) is 9.85. The monoisotopic (exact) mass is 378 g/mol. The molecule has 0 unspecified atom stereocenters. The molecule has 0 bridgehead atoms. The fraction of sp³-hybridized carbons (Fsp3) is 0.278. The van der Waals surface area contributed by atoms with E-state index in [9.17, 15) is 13.2 Å². The van der Waals surface area contributed by atoms with E-state index in [2.05, 4.69) is 5.32 Å². The van der Waals surface area contributed by atoms with Gasteiger partial charge in [0.1, 0.15) is 6.04 Å². The van der Waals surface area contributed by atoms with Crippen molar-refractivity contribution in [2.24, 2.45) is 0 Å². The molecule has 0 radical (unpaired) electrons. The summed E-state index contributed by atoms with van der Waals surface area (Å²) in [5.74, 6) is -0.307. The number of anilines is 1. The first-order valence-electron chi connectivity index (χ1n) is 8.03. The summed E-state index contributed by atoms with van der Waals surface area (Å²) < 4.78 is 27.0. The third-order valence-corrected chi connectivity index (χ3v) is 6.42. The number of aryl methyl sites for hydroxylation is 1. The minimum absolute atomic E-state index is 0.145. The van der Waals surface area contributed by atoms with Gasteiger partial charge in [0, 0.05) is 17.3 Å². The maximum absolute atomic E-state index is 12.9. The van der Waals surface area contributed by atoms with Crippen molar-refractivity contribution in [2.45, 2.75) is 30.7 Å². The van der Waals surface area contributed by atoms with E-state index in [1.807, 2.05) is 19.1 Å². The van der Waals surface area contributed by atoms with Crippen LogP contribution in [0.15, 0.2) is 53.4 Å². The van der Waals surface area contributed by atoms with Crippen LogP contribution in [0.1, 0.15) is 18.4 Å². The summed E-state index contributed by atoms with van der Waals surface area (Å²) in [6.45, 7) is 2.29. The lowest BCUT2D eigenvalue weighted by Gasteiger charge is -2.23. The van der Waals surface area contributed by atoms with Crippen molar-refractivity contribution in [1.82, 2.24) is 4.31 Å². The third-order valence-electron chi connectivity index (χ3n) is 4.25. The lowest BCUT2D eigenvalue weighted by atomic mass is 10.2. The quantitative estimate of drug-likeness (QED) is 0.886. The predicted octanol–water partition coefficient (Wildman–Crippen LogP) is 3.44. The summed E-state index contributed by atoms with van der Waals surface area (Å²) in [5, 5.41) is 3.27. The number of carbonyl (C=O) groups is 1. The van der Waals surface area contributed by atoms with Crippen LogP contribution in [-0.4, -0.2) is 31.2 Å². The molecule has 1 aliphatic heterocycles. The Labute approximate surface area is 152 Å². The second-order valence-corrected chi connectivity index (χ2v) is 8.41. The maximum Gasteiger partial charge on any atom is 0.243 e. The molecule has 5 nitrogen and oxygen atoms in total. The van der Waals surface area contributed by atoms with E-state index in [1.54, 1.807) is 12.1 Å². The second kappa shape index (κ2) is 7.15.